The standard InChI is InChI=1S/C17H21N5O2/c1-12-14(11-21(2)20-12)19-17(24)22-9-8-18-16(23)10-15(22)13-6-4-3-5-7-13/h3-7,11,15H,8-10H2,1-2H3,(H,18,23)(H,19,24). The second-order valence-corrected chi connectivity index (χ2v) is 5.91. The van der Waals surface area contributed by atoms with Gasteiger partial charge in [0.05, 0.1) is 23.8 Å². The predicted molar refractivity (Wildman–Crippen MR) is 90.5 cm³/mol. The minimum Gasteiger partial charge on any atom is -0.354 e. The third-order valence-corrected chi connectivity index (χ3v) is 4.13. The number of hydrogen-bond donors (Lipinski definition) is 2. The topological polar surface area (TPSA) is 79.3 Å². The summed E-state index contributed by atoms with van der Waals surface area (Å²) < 4.78 is 1.66. The highest BCUT2D eigenvalue weighted by Gasteiger charge is 2.30. The lowest BCUT2D eigenvalue weighted by molar-refractivity contribution is -0.121. The van der Waals surface area contributed by atoms with E-state index >= 15 is 0 Å². The lowest BCUT2D eigenvalue weighted by Gasteiger charge is -2.29. The fourth-order valence-corrected chi connectivity index (χ4v) is 2.95. The lowest BCUT2D eigenvalue weighted by atomic mass is 10.0. The van der Waals surface area contributed by atoms with E-state index in [0.717, 1.165) is 11.3 Å². The third kappa shape index (κ3) is 3.40. The van der Waals surface area contributed by atoms with Crippen LogP contribution in [0.5, 0.6) is 0 Å². The Morgan fingerprint density at radius 2 is 2.08 bits per heavy atom. The van der Waals surface area contributed by atoms with Crippen LogP contribution < -0.4 is 10.6 Å². The lowest BCUT2D eigenvalue weighted by Crippen LogP contribution is -2.39. The van der Waals surface area contributed by atoms with Crippen molar-refractivity contribution in [3.8, 4) is 0 Å². The van der Waals surface area contributed by atoms with Crippen molar-refractivity contribution in [3.63, 3.8) is 0 Å². The van der Waals surface area contributed by atoms with Crippen LogP contribution >= 0.6 is 0 Å². The predicted octanol–water partition coefficient (Wildman–Crippen LogP) is 1.82. The summed E-state index contributed by atoms with van der Waals surface area (Å²) in [5.41, 5.74) is 2.39. The molecule has 2 N–H and O–H groups in total. The number of amides is 3. The number of nitrogens with one attached hydrogen (secondary N) is 2. The van der Waals surface area contributed by atoms with Crippen LogP contribution in [0.4, 0.5) is 10.5 Å². The van der Waals surface area contributed by atoms with Crippen LogP contribution in [0.2, 0.25) is 0 Å². The Labute approximate surface area is 140 Å². The van der Waals surface area contributed by atoms with Crippen molar-refractivity contribution in [2.24, 2.45) is 7.05 Å². The maximum atomic E-state index is 12.8. The van der Waals surface area contributed by atoms with E-state index in [1.165, 1.54) is 0 Å². The molecule has 1 aromatic heterocycles. The minimum atomic E-state index is -0.286. The fraction of sp³-hybridized carbons (Fsp3) is 0.353. The molecule has 7 heteroatoms. The van der Waals surface area contributed by atoms with Gasteiger partial charge in [0.2, 0.25) is 5.91 Å². The summed E-state index contributed by atoms with van der Waals surface area (Å²) in [5, 5.41) is 9.97. The van der Waals surface area contributed by atoms with Gasteiger partial charge in [0.1, 0.15) is 0 Å². The van der Waals surface area contributed by atoms with E-state index in [1.54, 1.807) is 15.8 Å². The van der Waals surface area contributed by atoms with Gasteiger partial charge in [0.25, 0.3) is 0 Å². The summed E-state index contributed by atoms with van der Waals surface area (Å²) in [7, 11) is 1.81. The molecule has 1 aromatic carbocycles. The van der Waals surface area contributed by atoms with Crippen molar-refractivity contribution in [1.29, 1.82) is 0 Å². The molecule has 2 aromatic rings. The number of aromatic nitrogens is 2. The van der Waals surface area contributed by atoms with Gasteiger partial charge >= 0.3 is 6.03 Å². The molecule has 2 heterocycles. The van der Waals surface area contributed by atoms with Gasteiger partial charge in [0.15, 0.2) is 0 Å². The number of carbonyl (C=O) groups excluding carboxylic acids is 2. The maximum Gasteiger partial charge on any atom is 0.322 e. The molecule has 3 rings (SSSR count). The van der Waals surface area contributed by atoms with Gasteiger partial charge in [0, 0.05) is 26.3 Å². The van der Waals surface area contributed by atoms with Crippen molar-refractivity contribution in [2.45, 2.75) is 19.4 Å². The summed E-state index contributed by atoms with van der Waals surface area (Å²) in [6.07, 6.45) is 2.02. The Morgan fingerprint density at radius 1 is 1.33 bits per heavy atom. The molecule has 0 spiro atoms. The molecular formula is C17H21N5O2. The second-order valence-electron chi connectivity index (χ2n) is 5.91. The number of carbonyl (C=O) groups is 2. The van der Waals surface area contributed by atoms with E-state index < -0.39 is 0 Å². The first kappa shape index (κ1) is 16.0. The van der Waals surface area contributed by atoms with E-state index in [2.05, 4.69) is 15.7 Å². The molecule has 1 aliphatic heterocycles. The normalized spacial score (nSPS) is 18.0. The highest BCUT2D eigenvalue weighted by Crippen LogP contribution is 2.26. The van der Waals surface area contributed by atoms with Gasteiger partial charge in [-0.1, -0.05) is 30.3 Å². The fourth-order valence-electron chi connectivity index (χ4n) is 2.95. The number of hydrogen-bond acceptors (Lipinski definition) is 3. The first-order valence-electron chi connectivity index (χ1n) is 7.94. The molecule has 24 heavy (non-hydrogen) atoms. The molecule has 0 aliphatic carbocycles. The van der Waals surface area contributed by atoms with Crippen LogP contribution in [-0.4, -0.2) is 39.7 Å². The zero-order valence-corrected chi connectivity index (χ0v) is 13.8. The molecule has 0 bridgehead atoms. The van der Waals surface area contributed by atoms with E-state index in [9.17, 15) is 9.59 Å². The van der Waals surface area contributed by atoms with Gasteiger partial charge in [-0.2, -0.15) is 5.10 Å². The minimum absolute atomic E-state index is 0.0447. The molecule has 1 fully saturated rings. The van der Waals surface area contributed by atoms with Crippen molar-refractivity contribution in [2.75, 3.05) is 18.4 Å². The summed E-state index contributed by atoms with van der Waals surface area (Å²) in [6, 6.07) is 9.13. The van der Waals surface area contributed by atoms with Crippen LogP contribution in [0, 0.1) is 6.92 Å². The van der Waals surface area contributed by atoms with E-state index in [-0.39, 0.29) is 24.4 Å². The largest absolute Gasteiger partial charge is 0.354 e. The smallest absolute Gasteiger partial charge is 0.322 e. The van der Waals surface area contributed by atoms with Crippen molar-refractivity contribution < 1.29 is 9.59 Å². The Bertz CT molecular complexity index is 741. The molecule has 126 valence electrons. The van der Waals surface area contributed by atoms with Crippen LogP contribution in [0.25, 0.3) is 0 Å². The van der Waals surface area contributed by atoms with Crippen LogP contribution in [0.15, 0.2) is 36.5 Å². The first-order valence-corrected chi connectivity index (χ1v) is 7.94. The summed E-state index contributed by atoms with van der Waals surface area (Å²) in [6.45, 7) is 2.75. The Kier molecular flexibility index (Phi) is 4.50. The van der Waals surface area contributed by atoms with E-state index in [0.29, 0.717) is 18.8 Å². The number of benzene rings is 1. The average molecular weight is 327 g/mol. The monoisotopic (exact) mass is 327 g/mol. The zero-order chi connectivity index (χ0) is 17.1. The maximum absolute atomic E-state index is 12.8. The van der Waals surface area contributed by atoms with Gasteiger partial charge in [-0.25, -0.2) is 4.79 Å². The third-order valence-electron chi connectivity index (χ3n) is 4.13. The molecule has 7 nitrogen and oxygen atoms in total. The average Bonchev–Trinajstić information content (AvgIpc) is 2.76. The summed E-state index contributed by atoms with van der Waals surface area (Å²) in [4.78, 5) is 26.5. The van der Waals surface area contributed by atoms with Gasteiger partial charge < -0.3 is 15.5 Å². The Hall–Kier alpha value is -2.83. The Balaban J connectivity index is 1.85. The number of rotatable bonds is 2. The van der Waals surface area contributed by atoms with Gasteiger partial charge in [-0.05, 0) is 12.5 Å². The van der Waals surface area contributed by atoms with Crippen molar-refractivity contribution >= 4 is 17.6 Å². The molecule has 0 saturated carbocycles. The van der Waals surface area contributed by atoms with E-state index in [1.807, 2.05) is 44.3 Å². The van der Waals surface area contributed by atoms with Gasteiger partial charge in [-0.3, -0.25) is 9.48 Å². The highest BCUT2D eigenvalue weighted by atomic mass is 16.2. The highest BCUT2D eigenvalue weighted by molar-refractivity contribution is 5.91. The zero-order valence-electron chi connectivity index (χ0n) is 13.8. The second kappa shape index (κ2) is 6.74. The van der Waals surface area contributed by atoms with Crippen molar-refractivity contribution in [3.05, 3.63) is 47.8 Å². The molecule has 1 unspecified atom stereocenters. The first-order chi connectivity index (χ1) is 11.5. The molecule has 1 saturated heterocycles. The molecule has 3 amide bonds. The molecule has 1 aliphatic rings. The van der Waals surface area contributed by atoms with E-state index in [4.69, 9.17) is 0 Å². The number of nitrogens with zero attached hydrogens (tertiary/aromatic N) is 3. The van der Waals surface area contributed by atoms with Crippen LogP contribution in [0.1, 0.15) is 23.7 Å². The number of urea groups is 1. The quantitative estimate of drug-likeness (QED) is 0.883. The summed E-state index contributed by atoms with van der Waals surface area (Å²) in [5.74, 6) is -0.0447. The summed E-state index contributed by atoms with van der Waals surface area (Å²) >= 11 is 0. The SMILES string of the molecule is Cc1nn(C)cc1NC(=O)N1CCNC(=O)CC1c1ccccc1. The number of aryl methyl sites for hydroxylation is 2. The van der Waals surface area contributed by atoms with Crippen molar-refractivity contribution in [1.82, 2.24) is 20.0 Å². The number of anilines is 1. The van der Waals surface area contributed by atoms with Crippen LogP contribution in [0.3, 0.4) is 0 Å². The van der Waals surface area contributed by atoms with Crippen LogP contribution in [-0.2, 0) is 11.8 Å². The molecular weight excluding hydrogens is 306 g/mol. The Morgan fingerprint density at radius 3 is 2.75 bits per heavy atom. The molecule has 0 radical (unpaired) electrons. The molecule has 1 atom stereocenters. The van der Waals surface area contributed by atoms with Gasteiger partial charge in [-0.15, -0.1) is 0 Å².